The molecule has 39 heavy (non-hydrogen) atoms. The summed E-state index contributed by atoms with van der Waals surface area (Å²) in [4.78, 5) is 12.8. The maximum absolute atomic E-state index is 12.8. The van der Waals surface area contributed by atoms with Crippen LogP contribution in [0.4, 0.5) is 0 Å². The second-order valence-electron chi connectivity index (χ2n) is 10.4. The zero-order chi connectivity index (χ0) is 28.8. The molecule has 0 saturated heterocycles. The second-order valence-corrected chi connectivity index (χ2v) is 10.4. The number of benzene rings is 1. The van der Waals surface area contributed by atoms with Gasteiger partial charge in [-0.15, -0.1) is 0 Å². The van der Waals surface area contributed by atoms with Crippen LogP contribution in [-0.2, 0) is 9.53 Å². The summed E-state index contributed by atoms with van der Waals surface area (Å²) in [5, 5.41) is 41.9. The number of hydrogen-bond acceptors (Lipinski definition) is 6. The number of aliphatic hydroxyl groups is 3. The minimum absolute atomic E-state index is 0.0436. The molecule has 0 saturated carbocycles. The van der Waals surface area contributed by atoms with Gasteiger partial charge in [-0.05, 0) is 62.3 Å². The van der Waals surface area contributed by atoms with E-state index in [0.29, 0.717) is 24.0 Å². The largest absolute Gasteiger partial charge is 0.508 e. The number of carbonyl (C=O) groups excluding carboxylic acids is 1. The van der Waals surface area contributed by atoms with Crippen molar-refractivity contribution in [3.05, 3.63) is 102 Å². The van der Waals surface area contributed by atoms with E-state index < -0.39 is 36.3 Å². The Kier molecular flexibility index (Phi) is 13.7. The molecular weight excluding hydrogens is 492 g/mol. The average molecular weight is 537 g/mol. The van der Waals surface area contributed by atoms with Crippen LogP contribution in [0.15, 0.2) is 96.2 Å². The highest BCUT2D eigenvalue weighted by molar-refractivity contribution is 5.88. The third kappa shape index (κ3) is 11.6. The average Bonchev–Trinajstić information content (AvgIpc) is 2.91. The molecule has 0 fully saturated rings. The van der Waals surface area contributed by atoms with E-state index in [2.05, 4.69) is 6.92 Å². The molecule has 0 amide bonds. The van der Waals surface area contributed by atoms with Crippen molar-refractivity contribution in [2.24, 2.45) is 11.8 Å². The smallest absolute Gasteiger partial charge is 0.333 e. The summed E-state index contributed by atoms with van der Waals surface area (Å²) in [5.41, 5.74) is 1.82. The Morgan fingerprint density at radius 1 is 1.00 bits per heavy atom. The number of rotatable bonds is 5. The standard InChI is InChI=1S/C33H44O6/c1-23-13-11-15-24(2)30(35)18-10-8-6-5-7-9-14-25(3)33(38)39-29(20-19-23)22-31(36)26(4)32(37)27-16-12-17-28(34)21-27/h5-17,21,23,26,29-32,34-37H,18-20,22H2,1-4H3/b6-5+,9-7-,10-8+,13-11+,24-15+,25-14+. The molecule has 4 N–H and O–H groups in total. The molecule has 2 rings (SSSR count). The van der Waals surface area contributed by atoms with Crippen LogP contribution in [0.25, 0.3) is 0 Å². The van der Waals surface area contributed by atoms with Gasteiger partial charge in [0.2, 0.25) is 0 Å². The van der Waals surface area contributed by atoms with Crippen molar-refractivity contribution in [3.63, 3.8) is 0 Å². The van der Waals surface area contributed by atoms with Crippen LogP contribution in [-0.4, -0.2) is 44.7 Å². The lowest BCUT2D eigenvalue weighted by atomic mass is 9.88. The molecule has 1 aromatic carbocycles. The summed E-state index contributed by atoms with van der Waals surface area (Å²) in [6.07, 6.45) is 17.5. The van der Waals surface area contributed by atoms with Gasteiger partial charge in [-0.3, -0.25) is 0 Å². The third-order valence-corrected chi connectivity index (χ3v) is 6.97. The van der Waals surface area contributed by atoms with E-state index in [9.17, 15) is 25.2 Å². The molecular formula is C33H44O6. The monoisotopic (exact) mass is 536 g/mol. The minimum atomic E-state index is -0.989. The first-order valence-electron chi connectivity index (χ1n) is 13.6. The number of aliphatic hydroxyl groups excluding tert-OH is 3. The Morgan fingerprint density at radius 2 is 1.72 bits per heavy atom. The molecule has 1 aliphatic rings. The predicted molar refractivity (Wildman–Crippen MR) is 156 cm³/mol. The number of hydrogen-bond donors (Lipinski definition) is 4. The molecule has 0 aliphatic carbocycles. The summed E-state index contributed by atoms with van der Waals surface area (Å²) in [6.45, 7) is 7.39. The lowest BCUT2D eigenvalue weighted by molar-refractivity contribution is -0.146. The minimum Gasteiger partial charge on any atom is -0.508 e. The van der Waals surface area contributed by atoms with Crippen molar-refractivity contribution in [1.82, 2.24) is 0 Å². The number of carbonyl (C=O) groups is 1. The van der Waals surface area contributed by atoms with Crippen LogP contribution >= 0.6 is 0 Å². The summed E-state index contributed by atoms with van der Waals surface area (Å²) in [7, 11) is 0. The lowest BCUT2D eigenvalue weighted by Gasteiger charge is -2.28. The molecule has 6 atom stereocenters. The Bertz CT molecular complexity index is 1090. The third-order valence-electron chi connectivity index (χ3n) is 6.97. The van der Waals surface area contributed by atoms with Crippen LogP contribution in [0.5, 0.6) is 5.75 Å². The van der Waals surface area contributed by atoms with Crippen LogP contribution in [0.2, 0.25) is 0 Å². The number of aromatic hydroxyl groups is 1. The van der Waals surface area contributed by atoms with E-state index in [0.717, 1.165) is 12.0 Å². The molecule has 6 heteroatoms. The van der Waals surface area contributed by atoms with Gasteiger partial charge in [-0.25, -0.2) is 4.79 Å². The van der Waals surface area contributed by atoms with Gasteiger partial charge >= 0.3 is 5.97 Å². The summed E-state index contributed by atoms with van der Waals surface area (Å²) in [5.74, 6) is -0.784. The van der Waals surface area contributed by atoms with Crippen LogP contribution in [0.1, 0.15) is 65.0 Å². The molecule has 0 radical (unpaired) electrons. The molecule has 0 spiro atoms. The number of phenolic OH excluding ortho intramolecular Hbond substituents is 1. The summed E-state index contributed by atoms with van der Waals surface area (Å²) < 4.78 is 5.83. The molecule has 212 valence electrons. The first-order chi connectivity index (χ1) is 18.6. The fraction of sp³-hybridized carbons (Fsp3) is 0.424. The van der Waals surface area contributed by atoms with Gasteiger partial charge in [0.05, 0.1) is 18.3 Å². The Morgan fingerprint density at radius 3 is 2.46 bits per heavy atom. The molecule has 6 nitrogen and oxygen atoms in total. The maximum atomic E-state index is 12.8. The number of ether oxygens (including phenoxy) is 1. The molecule has 1 aromatic rings. The highest BCUT2D eigenvalue weighted by Crippen LogP contribution is 2.29. The van der Waals surface area contributed by atoms with Gasteiger partial charge in [0.25, 0.3) is 0 Å². The Balaban J connectivity index is 2.21. The van der Waals surface area contributed by atoms with E-state index in [-0.39, 0.29) is 18.1 Å². The van der Waals surface area contributed by atoms with E-state index in [4.69, 9.17) is 4.74 Å². The van der Waals surface area contributed by atoms with Crippen LogP contribution < -0.4 is 0 Å². The predicted octanol–water partition coefficient (Wildman–Crippen LogP) is 6.02. The molecule has 1 heterocycles. The van der Waals surface area contributed by atoms with Crippen LogP contribution in [0, 0.1) is 11.8 Å². The van der Waals surface area contributed by atoms with Crippen molar-refractivity contribution < 1.29 is 30.0 Å². The van der Waals surface area contributed by atoms with Crippen molar-refractivity contribution in [2.75, 3.05) is 0 Å². The number of esters is 1. The van der Waals surface area contributed by atoms with E-state index in [1.54, 1.807) is 44.2 Å². The summed E-state index contributed by atoms with van der Waals surface area (Å²) >= 11 is 0. The topological polar surface area (TPSA) is 107 Å². The fourth-order valence-corrected chi connectivity index (χ4v) is 4.16. The second kappa shape index (κ2) is 16.7. The Labute approximate surface area is 233 Å². The fourth-order valence-electron chi connectivity index (χ4n) is 4.16. The number of phenols is 1. The number of allylic oxidation sites excluding steroid dienone is 9. The normalized spacial score (nSPS) is 30.2. The van der Waals surface area contributed by atoms with Gasteiger partial charge < -0.3 is 25.2 Å². The first kappa shape index (κ1) is 32.0. The van der Waals surface area contributed by atoms with Gasteiger partial charge in [0, 0.05) is 17.9 Å². The van der Waals surface area contributed by atoms with E-state index >= 15 is 0 Å². The molecule has 1 aliphatic heterocycles. The van der Waals surface area contributed by atoms with Gasteiger partial charge in [-0.2, -0.15) is 0 Å². The van der Waals surface area contributed by atoms with Crippen molar-refractivity contribution in [3.8, 4) is 5.75 Å². The van der Waals surface area contributed by atoms with E-state index in [1.807, 2.05) is 49.5 Å². The van der Waals surface area contributed by atoms with Crippen molar-refractivity contribution in [2.45, 2.75) is 77.8 Å². The summed E-state index contributed by atoms with van der Waals surface area (Å²) in [6, 6.07) is 6.34. The van der Waals surface area contributed by atoms with Gasteiger partial charge in [0.1, 0.15) is 11.9 Å². The van der Waals surface area contributed by atoms with E-state index in [1.165, 1.54) is 12.1 Å². The highest BCUT2D eigenvalue weighted by Gasteiger charge is 2.28. The maximum Gasteiger partial charge on any atom is 0.333 e. The molecule has 0 aromatic heterocycles. The molecule has 0 bridgehead atoms. The van der Waals surface area contributed by atoms with Crippen LogP contribution in [0.3, 0.4) is 0 Å². The van der Waals surface area contributed by atoms with Crippen molar-refractivity contribution >= 4 is 5.97 Å². The zero-order valence-electron chi connectivity index (χ0n) is 23.5. The Hall–Kier alpha value is -3.19. The SMILES string of the molecule is C\C1=C/C=C\C=C\C=C\CC(O)/C(C)=C/C=C/C(C)CCC(CC(O)C(C)C(O)c2cccc(O)c2)OC1=O. The first-order valence-corrected chi connectivity index (χ1v) is 13.6. The quantitative estimate of drug-likeness (QED) is 0.343. The van der Waals surface area contributed by atoms with Gasteiger partial charge in [-0.1, -0.05) is 86.7 Å². The lowest BCUT2D eigenvalue weighted by Crippen LogP contribution is -2.31. The van der Waals surface area contributed by atoms with Crippen molar-refractivity contribution in [1.29, 1.82) is 0 Å². The van der Waals surface area contributed by atoms with Gasteiger partial charge in [0.15, 0.2) is 0 Å². The zero-order valence-corrected chi connectivity index (χ0v) is 23.5. The molecule has 6 unspecified atom stereocenters. The highest BCUT2D eigenvalue weighted by atomic mass is 16.5. The number of cyclic esters (lactones) is 1.